The van der Waals surface area contributed by atoms with E-state index in [1.807, 2.05) is 0 Å². The van der Waals surface area contributed by atoms with E-state index in [4.69, 9.17) is 5.73 Å². The van der Waals surface area contributed by atoms with Gasteiger partial charge in [-0.05, 0) is 25.2 Å². The first-order valence-corrected chi connectivity index (χ1v) is 6.56. The lowest BCUT2D eigenvalue weighted by atomic mass is 9.65. The Morgan fingerprint density at radius 3 is 2.73 bits per heavy atom. The second-order valence-electron chi connectivity index (χ2n) is 5.24. The van der Waals surface area contributed by atoms with Gasteiger partial charge in [0.05, 0.1) is 6.10 Å². The predicted octanol–water partition coefficient (Wildman–Crippen LogP) is 2.69. The van der Waals surface area contributed by atoms with E-state index >= 15 is 0 Å². The van der Waals surface area contributed by atoms with Gasteiger partial charge in [0.25, 0.3) is 0 Å². The molecule has 2 nitrogen and oxygen atoms in total. The van der Waals surface area contributed by atoms with Crippen LogP contribution in [0.15, 0.2) is 0 Å². The van der Waals surface area contributed by atoms with Crippen LogP contribution in [0.2, 0.25) is 0 Å². The summed E-state index contributed by atoms with van der Waals surface area (Å²) in [7, 11) is 0. The van der Waals surface area contributed by atoms with E-state index in [1.54, 1.807) is 0 Å². The summed E-state index contributed by atoms with van der Waals surface area (Å²) >= 11 is 0. The van der Waals surface area contributed by atoms with Gasteiger partial charge in [-0.1, -0.05) is 39.5 Å². The van der Waals surface area contributed by atoms with Crippen LogP contribution in [0.3, 0.4) is 0 Å². The molecular weight excluding hydrogens is 186 g/mol. The van der Waals surface area contributed by atoms with Crippen molar-refractivity contribution in [3.63, 3.8) is 0 Å². The Labute approximate surface area is 94.2 Å². The monoisotopic (exact) mass is 213 g/mol. The number of nitrogens with two attached hydrogens (primary N) is 1. The average molecular weight is 213 g/mol. The molecule has 0 aromatic rings. The van der Waals surface area contributed by atoms with E-state index in [9.17, 15) is 5.11 Å². The van der Waals surface area contributed by atoms with Gasteiger partial charge < -0.3 is 10.8 Å². The normalized spacial score (nSPS) is 34.0. The maximum atomic E-state index is 10.3. The van der Waals surface area contributed by atoms with Gasteiger partial charge in [0, 0.05) is 12.0 Å². The smallest absolute Gasteiger partial charge is 0.0608 e. The number of aliphatic hydroxyl groups is 1. The Morgan fingerprint density at radius 1 is 1.47 bits per heavy atom. The van der Waals surface area contributed by atoms with Gasteiger partial charge in [0.2, 0.25) is 0 Å². The van der Waals surface area contributed by atoms with Crippen molar-refractivity contribution in [3.8, 4) is 0 Å². The highest BCUT2D eigenvalue weighted by Crippen LogP contribution is 2.43. The van der Waals surface area contributed by atoms with Crippen molar-refractivity contribution in [2.24, 2.45) is 17.1 Å². The second-order valence-corrected chi connectivity index (χ2v) is 5.24. The number of aliphatic hydroxyl groups excluding tert-OH is 1. The minimum absolute atomic E-state index is 0.0366. The Balaban J connectivity index is 2.65. The first kappa shape index (κ1) is 13.0. The molecule has 0 spiro atoms. The molecule has 0 bridgehead atoms. The first-order valence-electron chi connectivity index (χ1n) is 6.56. The van der Waals surface area contributed by atoms with E-state index in [0.29, 0.717) is 6.54 Å². The zero-order chi connectivity index (χ0) is 11.3. The lowest BCUT2D eigenvalue weighted by Gasteiger charge is -2.43. The van der Waals surface area contributed by atoms with E-state index in [2.05, 4.69) is 13.8 Å². The molecule has 1 fully saturated rings. The molecule has 1 saturated carbocycles. The molecule has 0 aliphatic heterocycles. The third-order valence-corrected chi connectivity index (χ3v) is 4.24. The fourth-order valence-corrected chi connectivity index (χ4v) is 3.07. The standard InChI is InChI=1S/C13H27NO/c1-3-6-12(15)13(10-14)8-5-7-11(4-2)9-13/h11-12,15H,3-10,14H2,1-2H3. The van der Waals surface area contributed by atoms with Crippen LogP contribution < -0.4 is 5.73 Å². The molecule has 90 valence electrons. The molecule has 0 amide bonds. The molecule has 0 saturated heterocycles. The van der Waals surface area contributed by atoms with Gasteiger partial charge in [0.15, 0.2) is 0 Å². The van der Waals surface area contributed by atoms with Crippen LogP contribution >= 0.6 is 0 Å². The molecule has 1 aliphatic rings. The summed E-state index contributed by atoms with van der Waals surface area (Å²) in [5, 5.41) is 10.3. The SMILES string of the molecule is CCCC(O)C1(CN)CCCC(CC)C1. The van der Waals surface area contributed by atoms with Crippen molar-refractivity contribution in [2.75, 3.05) is 6.54 Å². The second kappa shape index (κ2) is 5.86. The maximum Gasteiger partial charge on any atom is 0.0608 e. The third-order valence-electron chi connectivity index (χ3n) is 4.24. The molecule has 1 rings (SSSR count). The number of hydrogen-bond donors (Lipinski definition) is 2. The van der Waals surface area contributed by atoms with Crippen LogP contribution in [0.4, 0.5) is 0 Å². The third kappa shape index (κ3) is 2.94. The Bertz CT molecular complexity index is 183. The Hall–Kier alpha value is -0.0800. The van der Waals surface area contributed by atoms with Gasteiger partial charge in [-0.2, -0.15) is 0 Å². The topological polar surface area (TPSA) is 46.2 Å². The predicted molar refractivity (Wildman–Crippen MR) is 64.7 cm³/mol. The molecular formula is C13H27NO. The van der Waals surface area contributed by atoms with Crippen LogP contribution in [-0.4, -0.2) is 17.8 Å². The molecule has 0 aromatic heterocycles. The molecule has 3 N–H and O–H groups in total. The molecule has 2 heteroatoms. The van der Waals surface area contributed by atoms with Crippen molar-refractivity contribution in [1.29, 1.82) is 0 Å². The summed E-state index contributed by atoms with van der Waals surface area (Å²) in [5.41, 5.74) is 5.96. The molecule has 1 aliphatic carbocycles. The Kier molecular flexibility index (Phi) is 5.07. The van der Waals surface area contributed by atoms with Crippen LogP contribution in [0, 0.1) is 11.3 Å². The van der Waals surface area contributed by atoms with Gasteiger partial charge in [-0.25, -0.2) is 0 Å². The van der Waals surface area contributed by atoms with E-state index in [0.717, 1.165) is 31.6 Å². The van der Waals surface area contributed by atoms with Gasteiger partial charge in [-0.15, -0.1) is 0 Å². The van der Waals surface area contributed by atoms with E-state index < -0.39 is 0 Å². The molecule has 3 atom stereocenters. The lowest BCUT2D eigenvalue weighted by molar-refractivity contribution is -0.0192. The first-order chi connectivity index (χ1) is 7.18. The maximum absolute atomic E-state index is 10.3. The van der Waals surface area contributed by atoms with Crippen LogP contribution in [0.1, 0.15) is 58.8 Å². The molecule has 0 radical (unpaired) electrons. The van der Waals surface area contributed by atoms with Gasteiger partial charge >= 0.3 is 0 Å². The highest BCUT2D eigenvalue weighted by molar-refractivity contribution is 4.92. The average Bonchev–Trinajstić information content (AvgIpc) is 2.29. The summed E-state index contributed by atoms with van der Waals surface area (Å²) in [4.78, 5) is 0. The Morgan fingerprint density at radius 2 is 2.20 bits per heavy atom. The highest BCUT2D eigenvalue weighted by Gasteiger charge is 2.39. The zero-order valence-corrected chi connectivity index (χ0v) is 10.3. The van der Waals surface area contributed by atoms with E-state index in [-0.39, 0.29) is 11.5 Å². The largest absolute Gasteiger partial charge is 0.393 e. The quantitative estimate of drug-likeness (QED) is 0.737. The molecule has 0 heterocycles. The lowest BCUT2D eigenvalue weighted by Crippen LogP contribution is -2.45. The number of rotatable bonds is 5. The van der Waals surface area contributed by atoms with E-state index in [1.165, 1.54) is 19.3 Å². The van der Waals surface area contributed by atoms with Crippen LogP contribution in [0.5, 0.6) is 0 Å². The van der Waals surface area contributed by atoms with Crippen molar-refractivity contribution < 1.29 is 5.11 Å². The summed E-state index contributed by atoms with van der Waals surface area (Å²) in [6.07, 6.45) is 7.87. The molecule has 3 unspecified atom stereocenters. The summed E-state index contributed by atoms with van der Waals surface area (Å²) < 4.78 is 0. The van der Waals surface area contributed by atoms with Crippen molar-refractivity contribution in [1.82, 2.24) is 0 Å². The summed E-state index contributed by atoms with van der Waals surface area (Å²) in [5.74, 6) is 0.786. The molecule has 0 aromatic carbocycles. The van der Waals surface area contributed by atoms with Crippen molar-refractivity contribution in [3.05, 3.63) is 0 Å². The van der Waals surface area contributed by atoms with Gasteiger partial charge in [0.1, 0.15) is 0 Å². The van der Waals surface area contributed by atoms with Crippen LogP contribution in [-0.2, 0) is 0 Å². The van der Waals surface area contributed by atoms with Crippen molar-refractivity contribution >= 4 is 0 Å². The minimum Gasteiger partial charge on any atom is -0.393 e. The van der Waals surface area contributed by atoms with Crippen LogP contribution in [0.25, 0.3) is 0 Å². The van der Waals surface area contributed by atoms with Gasteiger partial charge in [-0.3, -0.25) is 0 Å². The minimum atomic E-state index is -0.179. The van der Waals surface area contributed by atoms with Crippen molar-refractivity contribution in [2.45, 2.75) is 64.9 Å². The zero-order valence-electron chi connectivity index (χ0n) is 10.3. The number of hydrogen-bond acceptors (Lipinski definition) is 2. The fourth-order valence-electron chi connectivity index (χ4n) is 3.07. The fraction of sp³-hybridized carbons (Fsp3) is 1.00. The summed E-state index contributed by atoms with van der Waals surface area (Å²) in [6.45, 7) is 5.04. The summed E-state index contributed by atoms with van der Waals surface area (Å²) in [6, 6.07) is 0. The molecule has 15 heavy (non-hydrogen) atoms. The highest BCUT2D eigenvalue weighted by atomic mass is 16.3.